The Kier molecular flexibility index (Phi) is 5.21. The molecule has 31 heavy (non-hydrogen) atoms. The van der Waals surface area contributed by atoms with Gasteiger partial charge in [-0.05, 0) is 73.9 Å². The topological polar surface area (TPSA) is 75.8 Å². The Bertz CT molecular complexity index is 1240. The minimum Gasteiger partial charge on any atom is -0.266 e. The van der Waals surface area contributed by atoms with Crippen molar-refractivity contribution in [3.8, 4) is 0 Å². The van der Waals surface area contributed by atoms with Crippen LogP contribution in [0.25, 0.3) is 6.08 Å². The van der Waals surface area contributed by atoms with E-state index in [1.165, 1.54) is 12.1 Å². The van der Waals surface area contributed by atoms with Gasteiger partial charge in [0.15, 0.2) is 0 Å². The maximum Gasteiger partial charge on any atom is 0.282 e. The van der Waals surface area contributed by atoms with Crippen molar-refractivity contribution >= 4 is 29.2 Å². The molecule has 0 unspecified atom stereocenters. The van der Waals surface area contributed by atoms with Crippen LogP contribution in [0.5, 0.6) is 0 Å². The third kappa shape index (κ3) is 4.14. The lowest BCUT2D eigenvalue weighted by Gasteiger charge is -2.20. The van der Waals surface area contributed by atoms with Crippen molar-refractivity contribution in [1.82, 2.24) is 0 Å². The van der Waals surface area contributed by atoms with Crippen molar-refractivity contribution in [3.05, 3.63) is 110 Å². The molecule has 1 amide bonds. The highest BCUT2D eigenvalue weighted by atomic mass is 16.6. The summed E-state index contributed by atoms with van der Waals surface area (Å²) in [4.78, 5) is 30.2. The van der Waals surface area contributed by atoms with Crippen LogP contribution in [-0.4, -0.2) is 16.7 Å². The van der Waals surface area contributed by atoms with Gasteiger partial charge in [0.1, 0.15) is 11.5 Å². The summed E-state index contributed by atoms with van der Waals surface area (Å²) in [5.41, 5.74) is 5.74. The third-order valence-electron chi connectivity index (χ3n) is 5.01. The van der Waals surface area contributed by atoms with Gasteiger partial charge in [-0.25, -0.2) is 4.99 Å². The molecular formula is C25H21N3O3. The molecule has 0 bridgehead atoms. The molecule has 3 aromatic rings. The zero-order valence-corrected chi connectivity index (χ0v) is 17.5. The van der Waals surface area contributed by atoms with Crippen molar-refractivity contribution in [2.45, 2.75) is 20.8 Å². The van der Waals surface area contributed by atoms with E-state index in [0.29, 0.717) is 11.4 Å². The van der Waals surface area contributed by atoms with E-state index in [9.17, 15) is 14.9 Å². The zero-order valence-electron chi connectivity index (χ0n) is 17.5. The molecule has 0 fully saturated rings. The number of hydrogen-bond donors (Lipinski definition) is 0. The SMILES string of the molecule is Cc1cccc(C2=NC(=Cc3ccc([N+](=O)[O-])cc3)C(=O)N2c2cc(C)cc(C)c2)c1. The first kappa shape index (κ1) is 20.2. The summed E-state index contributed by atoms with van der Waals surface area (Å²) in [5, 5.41) is 10.9. The molecule has 0 saturated heterocycles. The number of aryl methyl sites for hydroxylation is 3. The number of nitro groups is 1. The van der Waals surface area contributed by atoms with Crippen LogP contribution in [0, 0.1) is 30.9 Å². The molecule has 0 radical (unpaired) electrons. The average molecular weight is 411 g/mol. The van der Waals surface area contributed by atoms with E-state index in [1.807, 2.05) is 57.2 Å². The van der Waals surface area contributed by atoms with Gasteiger partial charge in [-0.15, -0.1) is 0 Å². The molecule has 0 atom stereocenters. The van der Waals surface area contributed by atoms with Crippen molar-refractivity contribution in [3.63, 3.8) is 0 Å². The molecule has 4 rings (SSSR count). The number of amides is 1. The standard InChI is InChI=1S/C25H21N3O3/c1-16-5-4-6-20(12-16)24-26-23(15-19-7-9-21(10-8-19)28(30)31)25(29)27(24)22-13-17(2)11-18(3)14-22/h4-15H,1-3H3. The second-order valence-corrected chi connectivity index (χ2v) is 7.67. The normalized spacial score (nSPS) is 14.8. The molecule has 3 aromatic carbocycles. The zero-order chi connectivity index (χ0) is 22.1. The molecule has 6 nitrogen and oxygen atoms in total. The van der Waals surface area contributed by atoms with Crippen LogP contribution in [0.4, 0.5) is 11.4 Å². The molecule has 0 aromatic heterocycles. The summed E-state index contributed by atoms with van der Waals surface area (Å²) in [5.74, 6) is 0.326. The Morgan fingerprint density at radius 1 is 0.903 bits per heavy atom. The predicted octanol–water partition coefficient (Wildman–Crippen LogP) is 5.35. The number of non-ortho nitro benzene ring substituents is 1. The molecule has 1 heterocycles. The number of anilines is 1. The van der Waals surface area contributed by atoms with Gasteiger partial charge < -0.3 is 0 Å². The Hall–Kier alpha value is -4.06. The summed E-state index contributed by atoms with van der Waals surface area (Å²) in [6.07, 6.45) is 1.66. The number of nitrogens with zero attached hydrogens (tertiary/aromatic N) is 3. The van der Waals surface area contributed by atoms with Crippen LogP contribution in [-0.2, 0) is 4.79 Å². The largest absolute Gasteiger partial charge is 0.282 e. The van der Waals surface area contributed by atoms with Crippen LogP contribution in [0.1, 0.15) is 27.8 Å². The van der Waals surface area contributed by atoms with Crippen LogP contribution in [0.3, 0.4) is 0 Å². The lowest BCUT2D eigenvalue weighted by atomic mass is 10.1. The highest BCUT2D eigenvalue weighted by molar-refractivity contribution is 6.33. The third-order valence-corrected chi connectivity index (χ3v) is 5.01. The van der Waals surface area contributed by atoms with Gasteiger partial charge in [0.05, 0.1) is 10.6 Å². The maximum absolute atomic E-state index is 13.4. The van der Waals surface area contributed by atoms with E-state index in [4.69, 9.17) is 0 Å². The first-order valence-electron chi connectivity index (χ1n) is 9.86. The van der Waals surface area contributed by atoms with E-state index < -0.39 is 4.92 Å². The summed E-state index contributed by atoms with van der Waals surface area (Å²) in [6.45, 7) is 5.98. The van der Waals surface area contributed by atoms with Crippen molar-refractivity contribution in [2.75, 3.05) is 4.90 Å². The molecule has 0 aliphatic carbocycles. The van der Waals surface area contributed by atoms with Gasteiger partial charge in [0, 0.05) is 17.7 Å². The van der Waals surface area contributed by atoms with Crippen LogP contribution in [0.15, 0.2) is 77.4 Å². The van der Waals surface area contributed by atoms with E-state index in [0.717, 1.165) is 27.9 Å². The number of aliphatic imine (C=N–C) groups is 1. The van der Waals surface area contributed by atoms with Gasteiger partial charge in [-0.2, -0.15) is 0 Å². The monoisotopic (exact) mass is 411 g/mol. The molecule has 1 aliphatic heterocycles. The predicted molar refractivity (Wildman–Crippen MR) is 122 cm³/mol. The number of rotatable bonds is 4. The van der Waals surface area contributed by atoms with Crippen LogP contribution < -0.4 is 4.90 Å². The van der Waals surface area contributed by atoms with Crippen LogP contribution >= 0.6 is 0 Å². The van der Waals surface area contributed by atoms with E-state index >= 15 is 0 Å². The molecular weight excluding hydrogens is 390 g/mol. The van der Waals surface area contributed by atoms with E-state index in [-0.39, 0.29) is 17.3 Å². The summed E-state index contributed by atoms with van der Waals surface area (Å²) < 4.78 is 0. The lowest BCUT2D eigenvalue weighted by molar-refractivity contribution is -0.384. The number of nitro benzene ring substituents is 1. The van der Waals surface area contributed by atoms with Crippen molar-refractivity contribution in [1.29, 1.82) is 0 Å². The average Bonchev–Trinajstić information content (AvgIpc) is 3.04. The summed E-state index contributed by atoms with van der Waals surface area (Å²) >= 11 is 0. The minimum absolute atomic E-state index is 0.000659. The highest BCUT2D eigenvalue weighted by Gasteiger charge is 2.32. The van der Waals surface area contributed by atoms with Gasteiger partial charge in [-0.1, -0.05) is 29.8 Å². The van der Waals surface area contributed by atoms with Gasteiger partial charge in [0.25, 0.3) is 11.6 Å². The van der Waals surface area contributed by atoms with Gasteiger partial charge >= 0.3 is 0 Å². The smallest absolute Gasteiger partial charge is 0.266 e. The Labute approximate surface area is 180 Å². The first-order chi connectivity index (χ1) is 14.8. The molecule has 0 N–H and O–H groups in total. The van der Waals surface area contributed by atoms with E-state index in [2.05, 4.69) is 11.1 Å². The lowest BCUT2D eigenvalue weighted by Crippen LogP contribution is -2.32. The van der Waals surface area contributed by atoms with Gasteiger partial charge in [0.2, 0.25) is 0 Å². The Morgan fingerprint density at radius 2 is 1.58 bits per heavy atom. The number of benzene rings is 3. The second-order valence-electron chi connectivity index (χ2n) is 7.67. The Balaban J connectivity index is 1.82. The maximum atomic E-state index is 13.4. The minimum atomic E-state index is -0.451. The molecule has 154 valence electrons. The number of hydrogen-bond acceptors (Lipinski definition) is 4. The quantitative estimate of drug-likeness (QED) is 0.330. The van der Waals surface area contributed by atoms with Crippen molar-refractivity contribution in [2.24, 2.45) is 4.99 Å². The first-order valence-corrected chi connectivity index (χ1v) is 9.86. The molecule has 0 spiro atoms. The molecule has 0 saturated carbocycles. The van der Waals surface area contributed by atoms with Crippen molar-refractivity contribution < 1.29 is 9.72 Å². The molecule has 1 aliphatic rings. The number of amidine groups is 1. The van der Waals surface area contributed by atoms with E-state index in [1.54, 1.807) is 23.1 Å². The fraction of sp³-hybridized carbons (Fsp3) is 0.120. The Morgan fingerprint density at radius 3 is 2.19 bits per heavy atom. The fourth-order valence-electron chi connectivity index (χ4n) is 3.66. The number of carbonyl (C=O) groups is 1. The molecule has 6 heteroatoms. The summed E-state index contributed by atoms with van der Waals surface area (Å²) in [6, 6.07) is 19.9. The van der Waals surface area contributed by atoms with Gasteiger partial charge in [-0.3, -0.25) is 19.8 Å². The second kappa shape index (κ2) is 7.99. The number of carbonyl (C=O) groups excluding carboxylic acids is 1. The van der Waals surface area contributed by atoms with Crippen LogP contribution in [0.2, 0.25) is 0 Å². The summed E-state index contributed by atoms with van der Waals surface area (Å²) in [7, 11) is 0. The fourth-order valence-corrected chi connectivity index (χ4v) is 3.66. The highest BCUT2D eigenvalue weighted by Crippen LogP contribution is 2.30.